The lowest BCUT2D eigenvalue weighted by Crippen LogP contribution is -2.78. The highest BCUT2D eigenvalue weighted by molar-refractivity contribution is 6.09. The number of likely N-dealkylation sites (N-methyl/N-ethyl adjacent to an activating group) is 1. The predicted molar refractivity (Wildman–Crippen MR) is 127 cm³/mol. The zero-order chi connectivity index (χ0) is 23.9. The highest BCUT2D eigenvalue weighted by atomic mass is 16.5. The fourth-order valence-corrected chi connectivity index (χ4v) is 8.74. The molecule has 2 bridgehead atoms. The maximum Gasteiger partial charge on any atom is 0.243 e. The van der Waals surface area contributed by atoms with Gasteiger partial charge in [-0.15, -0.1) is 0 Å². The number of hydrogen-bond acceptors (Lipinski definition) is 5. The summed E-state index contributed by atoms with van der Waals surface area (Å²) in [6, 6.07) is 4.00. The number of fused-ring (bicyclic) bond motifs is 5. The maximum absolute atomic E-state index is 14.1. The van der Waals surface area contributed by atoms with Crippen LogP contribution in [0.1, 0.15) is 58.9 Å². The molecule has 1 aromatic rings. The number of amides is 2. The monoisotopic (exact) mass is 463 g/mol. The van der Waals surface area contributed by atoms with E-state index >= 15 is 0 Å². The van der Waals surface area contributed by atoms with E-state index in [1.54, 1.807) is 6.26 Å². The summed E-state index contributed by atoms with van der Waals surface area (Å²) in [5, 5.41) is 3.21. The van der Waals surface area contributed by atoms with Crippen molar-refractivity contribution in [2.75, 3.05) is 25.5 Å². The van der Waals surface area contributed by atoms with Crippen molar-refractivity contribution in [2.24, 2.45) is 11.3 Å². The molecule has 6 heterocycles. The van der Waals surface area contributed by atoms with E-state index in [4.69, 9.17) is 9.47 Å². The molecule has 1 N–H and O–H groups in total. The second-order valence-corrected chi connectivity index (χ2v) is 12.5. The van der Waals surface area contributed by atoms with Crippen LogP contribution in [0.4, 0.5) is 5.69 Å². The van der Waals surface area contributed by atoms with Crippen molar-refractivity contribution < 1.29 is 19.1 Å². The first-order valence-corrected chi connectivity index (χ1v) is 12.5. The van der Waals surface area contributed by atoms with Crippen LogP contribution in [-0.2, 0) is 15.0 Å². The molecule has 7 aliphatic rings. The lowest BCUT2D eigenvalue weighted by atomic mass is 9.57. The van der Waals surface area contributed by atoms with E-state index in [2.05, 4.69) is 30.1 Å². The van der Waals surface area contributed by atoms with Gasteiger partial charge in [0.15, 0.2) is 11.5 Å². The Hall–Kier alpha value is -2.54. The molecular weight excluding hydrogens is 430 g/mol. The first-order chi connectivity index (χ1) is 16.0. The molecule has 6 aliphatic heterocycles. The zero-order valence-electron chi connectivity index (χ0n) is 20.7. The van der Waals surface area contributed by atoms with Crippen LogP contribution in [0.3, 0.4) is 0 Å². The van der Waals surface area contributed by atoms with E-state index in [1.165, 1.54) is 0 Å². The molecule has 180 valence electrons. The number of piperidine rings is 2. The highest BCUT2D eigenvalue weighted by Gasteiger charge is 2.79. The summed E-state index contributed by atoms with van der Waals surface area (Å²) in [6.07, 6.45) is 7.01. The molecule has 1 saturated carbocycles. The minimum atomic E-state index is -0.739. The van der Waals surface area contributed by atoms with Gasteiger partial charge in [-0.3, -0.25) is 14.5 Å². The molecule has 1 aromatic carbocycles. The van der Waals surface area contributed by atoms with Crippen molar-refractivity contribution in [2.45, 2.75) is 75.5 Å². The number of carbonyl (C=O) groups is 2. The Bertz CT molecular complexity index is 1200. The lowest BCUT2D eigenvalue weighted by Gasteiger charge is -2.64. The summed E-state index contributed by atoms with van der Waals surface area (Å²) in [4.78, 5) is 32.3. The largest absolute Gasteiger partial charge is 0.480 e. The smallest absolute Gasteiger partial charge is 0.243 e. The molecule has 0 radical (unpaired) electrons. The third-order valence-electron chi connectivity index (χ3n) is 10.4. The summed E-state index contributed by atoms with van der Waals surface area (Å²) in [5.41, 5.74) is -0.627. The van der Waals surface area contributed by atoms with Crippen LogP contribution in [0.2, 0.25) is 0 Å². The van der Waals surface area contributed by atoms with Gasteiger partial charge in [0.05, 0.1) is 22.9 Å². The molecule has 2 amide bonds. The number of piperazine rings is 1. The first kappa shape index (κ1) is 20.8. The maximum atomic E-state index is 14.1. The fraction of sp³-hybridized carbons (Fsp3) is 0.630. The fourth-order valence-electron chi connectivity index (χ4n) is 8.74. The van der Waals surface area contributed by atoms with Crippen LogP contribution in [0.25, 0.3) is 0 Å². The van der Waals surface area contributed by atoms with Crippen LogP contribution in [0.15, 0.2) is 24.5 Å². The van der Waals surface area contributed by atoms with Gasteiger partial charge in [0.2, 0.25) is 11.8 Å². The average molecular weight is 464 g/mol. The van der Waals surface area contributed by atoms with Crippen molar-refractivity contribution in [1.29, 1.82) is 0 Å². The Morgan fingerprint density at radius 1 is 1.15 bits per heavy atom. The third-order valence-corrected chi connectivity index (χ3v) is 10.4. The number of carbonyl (C=O) groups excluding carboxylic acids is 2. The molecule has 34 heavy (non-hydrogen) atoms. The number of rotatable bonds is 0. The molecule has 4 saturated heterocycles. The summed E-state index contributed by atoms with van der Waals surface area (Å²) in [7, 11) is 1.98. The molecule has 3 spiro atoms. The highest BCUT2D eigenvalue weighted by Crippen LogP contribution is 2.72. The van der Waals surface area contributed by atoms with Crippen molar-refractivity contribution in [3.05, 3.63) is 30.0 Å². The Labute approximate surface area is 200 Å². The van der Waals surface area contributed by atoms with Crippen LogP contribution in [0.5, 0.6) is 11.5 Å². The molecule has 7 nitrogen and oxygen atoms in total. The molecule has 0 aromatic heterocycles. The average Bonchev–Trinajstić information content (AvgIpc) is 3.33. The Balaban J connectivity index is 1.42. The molecule has 8 rings (SSSR count). The van der Waals surface area contributed by atoms with Crippen LogP contribution < -0.4 is 14.8 Å². The Kier molecular flexibility index (Phi) is 3.55. The van der Waals surface area contributed by atoms with Crippen LogP contribution >= 0.6 is 0 Å². The van der Waals surface area contributed by atoms with Crippen molar-refractivity contribution in [1.82, 2.24) is 9.80 Å². The number of anilines is 1. The normalized spacial score (nSPS) is 40.3. The van der Waals surface area contributed by atoms with Crippen molar-refractivity contribution in [3.63, 3.8) is 0 Å². The molecule has 1 aliphatic carbocycles. The van der Waals surface area contributed by atoms with Gasteiger partial charge in [0, 0.05) is 13.6 Å². The minimum absolute atomic E-state index is 0.0164. The Morgan fingerprint density at radius 2 is 1.94 bits per heavy atom. The van der Waals surface area contributed by atoms with E-state index in [-0.39, 0.29) is 34.2 Å². The van der Waals surface area contributed by atoms with E-state index < -0.39 is 11.0 Å². The van der Waals surface area contributed by atoms with Gasteiger partial charge < -0.3 is 19.7 Å². The number of ether oxygens (including phenoxy) is 2. The molecular formula is C27H33N3O4. The second kappa shape index (κ2) is 5.81. The topological polar surface area (TPSA) is 71.1 Å². The van der Waals surface area contributed by atoms with E-state index in [9.17, 15) is 9.59 Å². The Morgan fingerprint density at radius 3 is 2.74 bits per heavy atom. The second-order valence-electron chi connectivity index (χ2n) is 12.5. The first-order valence-electron chi connectivity index (χ1n) is 12.5. The van der Waals surface area contributed by atoms with Crippen LogP contribution in [0, 0.1) is 11.3 Å². The van der Waals surface area contributed by atoms with Crippen molar-refractivity contribution >= 4 is 17.5 Å². The van der Waals surface area contributed by atoms with E-state index in [0.29, 0.717) is 17.9 Å². The standard InChI is InChI=1S/C27H33N3O4/c1-23(2)10-12-33-20-17(34-23)8-7-16-19(20)28-21(31)27(16)14-26-15-30-11-6-9-25(30,22(32)29(26)5)13-18(26)24(27,3)4/h7-8,10,12,18H,6,9,11,13-15H2,1-5H3,(H,28,31)/t18?,25-,26+,27?/m0/s1. The van der Waals surface area contributed by atoms with Gasteiger partial charge >= 0.3 is 0 Å². The minimum Gasteiger partial charge on any atom is -0.480 e. The summed E-state index contributed by atoms with van der Waals surface area (Å²) in [6.45, 7) is 10.3. The predicted octanol–water partition coefficient (Wildman–Crippen LogP) is 3.44. The number of nitrogens with one attached hydrogen (secondary N) is 1. The van der Waals surface area contributed by atoms with Gasteiger partial charge in [-0.05, 0) is 75.1 Å². The summed E-state index contributed by atoms with van der Waals surface area (Å²) >= 11 is 0. The van der Waals surface area contributed by atoms with E-state index in [0.717, 1.165) is 43.6 Å². The molecule has 4 atom stereocenters. The molecule has 2 unspecified atom stereocenters. The van der Waals surface area contributed by atoms with Gasteiger partial charge in [0.1, 0.15) is 11.1 Å². The summed E-state index contributed by atoms with van der Waals surface area (Å²) in [5.74, 6) is 1.71. The number of hydrogen-bond donors (Lipinski definition) is 1. The quantitative estimate of drug-likeness (QED) is 0.638. The summed E-state index contributed by atoms with van der Waals surface area (Å²) < 4.78 is 12.2. The van der Waals surface area contributed by atoms with Crippen LogP contribution in [-0.4, -0.2) is 58.4 Å². The number of benzene rings is 1. The third kappa shape index (κ3) is 2.03. The molecule has 5 fully saturated rings. The lowest BCUT2D eigenvalue weighted by molar-refractivity contribution is -0.184. The van der Waals surface area contributed by atoms with Crippen molar-refractivity contribution in [3.8, 4) is 11.5 Å². The van der Waals surface area contributed by atoms with Gasteiger partial charge in [-0.25, -0.2) is 0 Å². The zero-order valence-corrected chi connectivity index (χ0v) is 20.7. The molecule has 7 heteroatoms. The SMILES string of the molecule is CN1C(=O)[C@@]23CCCN2C[C@@]12CC1(C(=O)Nc4c1ccc1c4OC=CC(C)(C)O1)C(C)(C)C2C3. The number of nitrogens with zero attached hydrogens (tertiary/aromatic N) is 2. The van der Waals surface area contributed by atoms with Gasteiger partial charge in [-0.2, -0.15) is 0 Å². The van der Waals surface area contributed by atoms with Gasteiger partial charge in [-0.1, -0.05) is 19.9 Å². The van der Waals surface area contributed by atoms with Gasteiger partial charge in [0.25, 0.3) is 0 Å². The van der Waals surface area contributed by atoms with E-state index in [1.807, 2.05) is 37.9 Å².